The molecule has 0 fully saturated rings. The number of anilines is 2. The lowest BCUT2D eigenvalue weighted by Gasteiger charge is -2.16. The Hall–Kier alpha value is -4.27. The van der Waals surface area contributed by atoms with Crippen LogP contribution in [-0.2, 0) is 9.59 Å². The first kappa shape index (κ1) is 21.9. The Kier molecular flexibility index (Phi) is 5.78. The van der Waals surface area contributed by atoms with Crippen LogP contribution in [0, 0.1) is 17.5 Å². The Balaban J connectivity index is 1.85. The number of methoxy groups -OCH3 is 2. The van der Waals surface area contributed by atoms with Gasteiger partial charge in [0.15, 0.2) is 0 Å². The molecule has 0 bridgehead atoms. The van der Waals surface area contributed by atoms with E-state index in [0.29, 0.717) is 28.2 Å². The highest BCUT2D eigenvalue weighted by atomic mass is 19.1. The lowest BCUT2D eigenvalue weighted by Crippen LogP contribution is -2.33. The average molecular weight is 454 g/mol. The van der Waals surface area contributed by atoms with E-state index < -0.39 is 35.0 Å². The Bertz CT molecular complexity index is 1270. The summed E-state index contributed by atoms with van der Waals surface area (Å²) in [4.78, 5) is 27.2. The maximum absolute atomic E-state index is 14.5. The van der Waals surface area contributed by atoms with E-state index >= 15 is 0 Å². The van der Waals surface area contributed by atoms with Gasteiger partial charge in [-0.2, -0.15) is 0 Å². The van der Waals surface area contributed by atoms with Gasteiger partial charge in [-0.1, -0.05) is 12.1 Å². The predicted octanol–water partition coefficient (Wildman–Crippen LogP) is 4.52. The number of carbonyl (C=O) groups is 2. The van der Waals surface area contributed by atoms with Gasteiger partial charge in [0.05, 0.1) is 25.5 Å². The van der Waals surface area contributed by atoms with Crippen LogP contribution >= 0.6 is 0 Å². The summed E-state index contributed by atoms with van der Waals surface area (Å²) in [6, 6.07) is 12.2. The highest BCUT2D eigenvalue weighted by Crippen LogP contribution is 2.36. The number of rotatable bonds is 6. The van der Waals surface area contributed by atoms with Gasteiger partial charge in [0, 0.05) is 30.0 Å². The fourth-order valence-electron chi connectivity index (χ4n) is 3.44. The highest BCUT2D eigenvalue weighted by Gasteiger charge is 2.41. The molecular weight excluding hydrogens is 437 g/mol. The highest BCUT2D eigenvalue weighted by molar-refractivity contribution is 6.46. The molecule has 0 spiro atoms. The molecule has 1 aliphatic heterocycles. The van der Waals surface area contributed by atoms with Gasteiger partial charge in [0.2, 0.25) is 0 Å². The van der Waals surface area contributed by atoms with Gasteiger partial charge < -0.3 is 14.8 Å². The molecule has 33 heavy (non-hydrogen) atoms. The summed E-state index contributed by atoms with van der Waals surface area (Å²) in [5.41, 5.74) is -0.109. The first-order valence-corrected chi connectivity index (χ1v) is 9.66. The van der Waals surface area contributed by atoms with Gasteiger partial charge in [-0.15, -0.1) is 0 Å². The topological polar surface area (TPSA) is 67.9 Å². The van der Waals surface area contributed by atoms with Crippen molar-refractivity contribution in [2.75, 3.05) is 24.4 Å². The molecule has 168 valence electrons. The van der Waals surface area contributed by atoms with Gasteiger partial charge in [0.1, 0.15) is 34.6 Å². The van der Waals surface area contributed by atoms with E-state index in [0.717, 1.165) is 24.3 Å². The minimum atomic E-state index is -1.08. The zero-order valence-electron chi connectivity index (χ0n) is 17.5. The standard InChI is InChI=1S/C24H17F3N2O4/c1-32-17-10-16(11-18(12-17)33-2)28-22-21(13-3-5-14(25)6-4-13)23(30)29(24(22)31)20-8-7-15(26)9-19(20)27/h3-12,28H,1-2H3. The summed E-state index contributed by atoms with van der Waals surface area (Å²) in [5, 5.41) is 2.88. The number of imide groups is 1. The van der Waals surface area contributed by atoms with Crippen molar-refractivity contribution in [1.82, 2.24) is 0 Å². The van der Waals surface area contributed by atoms with Crippen molar-refractivity contribution >= 4 is 28.8 Å². The zero-order chi connectivity index (χ0) is 23.7. The SMILES string of the molecule is COc1cc(NC2=C(c3ccc(F)cc3)C(=O)N(c3ccc(F)cc3F)C2=O)cc(OC)c1. The number of benzene rings is 3. The third kappa shape index (κ3) is 4.12. The molecule has 6 nitrogen and oxygen atoms in total. The van der Waals surface area contributed by atoms with E-state index in [2.05, 4.69) is 5.32 Å². The third-order valence-corrected chi connectivity index (χ3v) is 4.99. The number of ether oxygens (including phenoxy) is 2. The van der Waals surface area contributed by atoms with Crippen molar-refractivity contribution < 1.29 is 32.2 Å². The third-order valence-electron chi connectivity index (χ3n) is 4.99. The summed E-state index contributed by atoms with van der Waals surface area (Å²) in [7, 11) is 2.90. The van der Waals surface area contributed by atoms with E-state index in [1.54, 1.807) is 18.2 Å². The maximum Gasteiger partial charge on any atom is 0.282 e. The Morgan fingerprint density at radius 3 is 1.94 bits per heavy atom. The first-order valence-electron chi connectivity index (χ1n) is 9.66. The molecule has 3 aromatic rings. The van der Waals surface area contributed by atoms with Gasteiger partial charge in [-0.3, -0.25) is 9.59 Å². The minimum absolute atomic E-state index is 0.106. The fraction of sp³-hybridized carbons (Fsp3) is 0.0833. The van der Waals surface area contributed by atoms with Gasteiger partial charge in [0.25, 0.3) is 11.8 Å². The number of nitrogens with zero attached hydrogens (tertiary/aromatic N) is 1. The Morgan fingerprint density at radius 1 is 0.758 bits per heavy atom. The lowest BCUT2D eigenvalue weighted by molar-refractivity contribution is -0.120. The van der Waals surface area contributed by atoms with Crippen LogP contribution in [-0.4, -0.2) is 26.0 Å². The maximum atomic E-state index is 14.5. The molecule has 1 heterocycles. The number of hydrogen-bond acceptors (Lipinski definition) is 5. The molecular formula is C24H17F3N2O4. The molecule has 1 aliphatic rings. The molecule has 1 N–H and O–H groups in total. The molecule has 0 aliphatic carbocycles. The Labute approximate surface area is 186 Å². The lowest BCUT2D eigenvalue weighted by atomic mass is 10.0. The molecule has 4 rings (SSSR count). The van der Waals surface area contributed by atoms with Crippen molar-refractivity contribution in [3.05, 3.63) is 89.4 Å². The molecule has 0 unspecified atom stereocenters. The fourth-order valence-corrected chi connectivity index (χ4v) is 3.44. The van der Waals surface area contributed by atoms with E-state index in [-0.39, 0.29) is 16.8 Å². The second-order valence-corrected chi connectivity index (χ2v) is 7.02. The summed E-state index contributed by atoms with van der Waals surface area (Å²) >= 11 is 0. The van der Waals surface area contributed by atoms with Crippen LogP contribution in [0.3, 0.4) is 0 Å². The van der Waals surface area contributed by atoms with Crippen LogP contribution < -0.4 is 19.7 Å². The predicted molar refractivity (Wildman–Crippen MR) is 115 cm³/mol. The molecule has 0 saturated carbocycles. The molecule has 3 aromatic carbocycles. The second kappa shape index (κ2) is 8.70. The van der Waals surface area contributed by atoms with E-state index in [9.17, 15) is 22.8 Å². The molecule has 0 aromatic heterocycles. The van der Waals surface area contributed by atoms with Crippen LogP contribution in [0.2, 0.25) is 0 Å². The van der Waals surface area contributed by atoms with Crippen LogP contribution in [0.15, 0.2) is 66.4 Å². The van der Waals surface area contributed by atoms with Crippen molar-refractivity contribution in [2.45, 2.75) is 0 Å². The average Bonchev–Trinajstić information content (AvgIpc) is 3.03. The van der Waals surface area contributed by atoms with Crippen molar-refractivity contribution in [3.63, 3.8) is 0 Å². The largest absolute Gasteiger partial charge is 0.497 e. The van der Waals surface area contributed by atoms with Crippen molar-refractivity contribution in [1.29, 1.82) is 0 Å². The van der Waals surface area contributed by atoms with E-state index in [4.69, 9.17) is 9.47 Å². The monoisotopic (exact) mass is 454 g/mol. The molecule has 0 saturated heterocycles. The number of hydrogen-bond donors (Lipinski definition) is 1. The summed E-state index contributed by atoms with van der Waals surface area (Å²) in [5.74, 6) is -3.37. The summed E-state index contributed by atoms with van der Waals surface area (Å²) in [6.45, 7) is 0. The molecule has 0 atom stereocenters. The summed E-state index contributed by atoms with van der Waals surface area (Å²) < 4.78 is 51.8. The second-order valence-electron chi connectivity index (χ2n) is 7.02. The van der Waals surface area contributed by atoms with Gasteiger partial charge >= 0.3 is 0 Å². The molecule has 0 radical (unpaired) electrons. The van der Waals surface area contributed by atoms with Crippen molar-refractivity contribution in [3.8, 4) is 11.5 Å². The smallest absolute Gasteiger partial charge is 0.282 e. The first-order chi connectivity index (χ1) is 15.8. The zero-order valence-corrected chi connectivity index (χ0v) is 17.5. The van der Waals surface area contributed by atoms with Crippen LogP contribution in [0.5, 0.6) is 11.5 Å². The number of amides is 2. The quantitative estimate of drug-likeness (QED) is 0.555. The number of carbonyl (C=O) groups excluding carboxylic acids is 2. The number of nitrogens with one attached hydrogen (secondary N) is 1. The van der Waals surface area contributed by atoms with E-state index in [1.165, 1.54) is 26.4 Å². The molecule has 2 amide bonds. The van der Waals surface area contributed by atoms with Gasteiger partial charge in [-0.05, 0) is 29.8 Å². The number of halogens is 3. The Morgan fingerprint density at radius 2 is 1.36 bits per heavy atom. The summed E-state index contributed by atoms with van der Waals surface area (Å²) in [6.07, 6.45) is 0. The minimum Gasteiger partial charge on any atom is -0.497 e. The van der Waals surface area contributed by atoms with Crippen molar-refractivity contribution in [2.24, 2.45) is 0 Å². The normalized spacial score (nSPS) is 13.5. The molecule has 9 heteroatoms. The van der Waals surface area contributed by atoms with Crippen LogP contribution in [0.4, 0.5) is 24.5 Å². The van der Waals surface area contributed by atoms with Gasteiger partial charge in [-0.25, -0.2) is 18.1 Å². The van der Waals surface area contributed by atoms with E-state index in [1.807, 2.05) is 0 Å². The van der Waals surface area contributed by atoms with Crippen LogP contribution in [0.25, 0.3) is 5.57 Å². The van der Waals surface area contributed by atoms with Crippen LogP contribution in [0.1, 0.15) is 5.56 Å².